The summed E-state index contributed by atoms with van der Waals surface area (Å²) in [6, 6.07) is 5.29. The van der Waals surface area contributed by atoms with E-state index in [0.717, 1.165) is 11.1 Å². The summed E-state index contributed by atoms with van der Waals surface area (Å²) in [5.74, 6) is -2.95. The van der Waals surface area contributed by atoms with Gasteiger partial charge < -0.3 is 15.3 Å². The Bertz CT molecular complexity index is 826. The lowest BCUT2D eigenvalue weighted by molar-refractivity contribution is -0.326. The Morgan fingerprint density at radius 1 is 1.10 bits per heavy atom. The molecular weight excluding hydrogens is 270 g/mol. The molecule has 21 heavy (non-hydrogen) atoms. The van der Waals surface area contributed by atoms with Crippen LogP contribution in [0.5, 0.6) is 0 Å². The standard InChI is InChI=1S/C15H17N3O3/c1-14(2,3)11-5-4-9-10(17-11)8-12(15(19,20)21)18-7-6-16-13(9)18/h4-8,19-21H,1-3H3. The van der Waals surface area contributed by atoms with Crippen LogP contribution in [0.2, 0.25) is 0 Å². The fraction of sp³-hybridized carbons (Fsp3) is 0.333. The average molecular weight is 287 g/mol. The topological polar surface area (TPSA) is 90.9 Å². The SMILES string of the molecule is CC(C)(C)c1ccc2c(cc(C(O)(O)O)n3ccnc23)n1. The van der Waals surface area contributed by atoms with Gasteiger partial charge in [0, 0.05) is 28.9 Å². The predicted molar refractivity (Wildman–Crippen MR) is 77.5 cm³/mol. The smallest absolute Gasteiger partial charge is 0.320 e. The van der Waals surface area contributed by atoms with Crippen LogP contribution in [0.3, 0.4) is 0 Å². The maximum atomic E-state index is 9.53. The van der Waals surface area contributed by atoms with Crippen molar-refractivity contribution < 1.29 is 15.3 Å². The molecule has 3 aromatic rings. The van der Waals surface area contributed by atoms with Gasteiger partial charge in [-0.15, -0.1) is 0 Å². The van der Waals surface area contributed by atoms with Crippen LogP contribution in [0.4, 0.5) is 0 Å². The molecule has 6 heteroatoms. The highest BCUT2D eigenvalue weighted by Gasteiger charge is 2.27. The van der Waals surface area contributed by atoms with Crippen LogP contribution in [-0.2, 0) is 11.4 Å². The minimum Gasteiger partial charge on any atom is -0.339 e. The first-order valence-corrected chi connectivity index (χ1v) is 6.63. The van der Waals surface area contributed by atoms with E-state index in [0.29, 0.717) is 11.2 Å². The van der Waals surface area contributed by atoms with Gasteiger partial charge in [-0.2, -0.15) is 0 Å². The summed E-state index contributed by atoms with van der Waals surface area (Å²) in [4.78, 5) is 8.77. The van der Waals surface area contributed by atoms with Crippen molar-refractivity contribution in [3.05, 3.63) is 42.0 Å². The van der Waals surface area contributed by atoms with Gasteiger partial charge in [-0.1, -0.05) is 20.8 Å². The van der Waals surface area contributed by atoms with Crippen LogP contribution in [0.15, 0.2) is 30.6 Å². The van der Waals surface area contributed by atoms with Gasteiger partial charge in [0.2, 0.25) is 0 Å². The zero-order valence-corrected chi connectivity index (χ0v) is 12.1. The molecule has 0 aliphatic carbocycles. The highest BCUT2D eigenvalue weighted by atomic mass is 16.7. The number of pyridine rings is 2. The molecule has 0 atom stereocenters. The molecule has 110 valence electrons. The third kappa shape index (κ3) is 2.27. The molecule has 3 heterocycles. The van der Waals surface area contributed by atoms with Crippen molar-refractivity contribution in [1.29, 1.82) is 0 Å². The lowest BCUT2D eigenvalue weighted by atomic mass is 9.91. The largest absolute Gasteiger partial charge is 0.339 e. The van der Waals surface area contributed by atoms with Crippen LogP contribution in [-0.4, -0.2) is 29.7 Å². The number of aliphatic hydroxyl groups is 3. The van der Waals surface area contributed by atoms with E-state index in [4.69, 9.17) is 0 Å². The van der Waals surface area contributed by atoms with E-state index in [1.807, 2.05) is 32.9 Å². The number of imidazole rings is 1. The molecule has 0 unspecified atom stereocenters. The average Bonchev–Trinajstić information content (AvgIpc) is 2.83. The highest BCUT2D eigenvalue weighted by Crippen LogP contribution is 2.27. The van der Waals surface area contributed by atoms with Gasteiger partial charge in [-0.25, -0.2) is 4.98 Å². The third-order valence-corrected chi connectivity index (χ3v) is 3.45. The van der Waals surface area contributed by atoms with E-state index in [1.54, 1.807) is 6.20 Å². The van der Waals surface area contributed by atoms with Crippen molar-refractivity contribution in [2.45, 2.75) is 32.2 Å². The van der Waals surface area contributed by atoms with Crippen LogP contribution in [0, 0.1) is 0 Å². The van der Waals surface area contributed by atoms with Gasteiger partial charge in [-0.3, -0.25) is 9.38 Å². The molecule has 0 saturated heterocycles. The minimum atomic E-state index is -2.95. The number of nitrogens with zero attached hydrogens (tertiary/aromatic N) is 3. The molecule has 3 rings (SSSR count). The van der Waals surface area contributed by atoms with E-state index in [-0.39, 0.29) is 11.1 Å². The second-order valence-corrected chi connectivity index (χ2v) is 6.17. The Balaban J connectivity index is 2.40. The fourth-order valence-corrected chi connectivity index (χ4v) is 2.35. The summed E-state index contributed by atoms with van der Waals surface area (Å²) in [6.07, 6.45) is 3.08. The van der Waals surface area contributed by atoms with E-state index in [2.05, 4.69) is 9.97 Å². The van der Waals surface area contributed by atoms with E-state index in [9.17, 15) is 15.3 Å². The summed E-state index contributed by atoms with van der Waals surface area (Å²) in [5, 5.41) is 29.4. The van der Waals surface area contributed by atoms with Crippen molar-refractivity contribution in [2.75, 3.05) is 0 Å². The van der Waals surface area contributed by atoms with Gasteiger partial charge in [0.15, 0.2) is 0 Å². The Labute approximate surface area is 121 Å². The highest BCUT2D eigenvalue weighted by molar-refractivity contribution is 5.92. The first-order valence-electron chi connectivity index (χ1n) is 6.63. The fourth-order valence-electron chi connectivity index (χ4n) is 2.35. The molecular formula is C15H17N3O3. The molecule has 0 aliphatic rings. The molecule has 0 amide bonds. The molecule has 0 bridgehead atoms. The van der Waals surface area contributed by atoms with E-state index in [1.165, 1.54) is 16.7 Å². The summed E-state index contributed by atoms with van der Waals surface area (Å²) in [5.41, 5.74) is 1.71. The molecule has 0 spiro atoms. The van der Waals surface area contributed by atoms with Gasteiger partial charge in [0.05, 0.1) is 5.52 Å². The molecule has 6 nitrogen and oxygen atoms in total. The molecule has 3 aromatic heterocycles. The van der Waals surface area contributed by atoms with Crippen LogP contribution < -0.4 is 0 Å². The predicted octanol–water partition coefficient (Wildman–Crippen LogP) is 1.27. The van der Waals surface area contributed by atoms with Crippen LogP contribution >= 0.6 is 0 Å². The quantitative estimate of drug-likeness (QED) is 0.586. The molecule has 0 radical (unpaired) electrons. The minimum absolute atomic E-state index is 0.0962. The van der Waals surface area contributed by atoms with Crippen molar-refractivity contribution in [3.8, 4) is 0 Å². The second-order valence-electron chi connectivity index (χ2n) is 6.17. The zero-order chi connectivity index (χ0) is 15.4. The molecule has 3 N–H and O–H groups in total. The number of aromatic nitrogens is 3. The molecule has 0 fully saturated rings. The Morgan fingerprint density at radius 3 is 2.43 bits per heavy atom. The van der Waals surface area contributed by atoms with Gasteiger partial charge in [0.25, 0.3) is 0 Å². The van der Waals surface area contributed by atoms with Crippen molar-refractivity contribution in [1.82, 2.24) is 14.4 Å². The van der Waals surface area contributed by atoms with Gasteiger partial charge >= 0.3 is 5.97 Å². The number of hydrogen-bond acceptors (Lipinski definition) is 5. The maximum Gasteiger partial charge on any atom is 0.320 e. The summed E-state index contributed by atoms with van der Waals surface area (Å²) < 4.78 is 1.43. The summed E-state index contributed by atoms with van der Waals surface area (Å²) >= 11 is 0. The van der Waals surface area contributed by atoms with Gasteiger partial charge in [-0.05, 0) is 18.2 Å². The van der Waals surface area contributed by atoms with Gasteiger partial charge in [0.1, 0.15) is 11.3 Å². The second kappa shape index (κ2) is 4.24. The lowest BCUT2D eigenvalue weighted by Crippen LogP contribution is -2.27. The Kier molecular flexibility index (Phi) is 2.81. The zero-order valence-electron chi connectivity index (χ0n) is 12.1. The van der Waals surface area contributed by atoms with E-state index >= 15 is 0 Å². The normalized spacial score (nSPS) is 13.2. The lowest BCUT2D eigenvalue weighted by Gasteiger charge is -2.20. The third-order valence-electron chi connectivity index (χ3n) is 3.45. The van der Waals surface area contributed by atoms with Crippen molar-refractivity contribution in [3.63, 3.8) is 0 Å². The maximum absolute atomic E-state index is 9.53. The Morgan fingerprint density at radius 2 is 1.81 bits per heavy atom. The van der Waals surface area contributed by atoms with Crippen LogP contribution in [0.25, 0.3) is 16.6 Å². The van der Waals surface area contributed by atoms with Crippen LogP contribution in [0.1, 0.15) is 32.2 Å². The Hall–Kier alpha value is -2.02. The number of fused-ring (bicyclic) bond motifs is 3. The first-order chi connectivity index (χ1) is 9.68. The molecule has 0 saturated carbocycles. The molecule has 0 aromatic carbocycles. The first kappa shape index (κ1) is 13.9. The van der Waals surface area contributed by atoms with E-state index < -0.39 is 5.97 Å². The summed E-state index contributed by atoms with van der Waals surface area (Å²) in [7, 11) is 0. The van der Waals surface area contributed by atoms with Crippen molar-refractivity contribution in [2.24, 2.45) is 0 Å². The summed E-state index contributed by atoms with van der Waals surface area (Å²) in [6.45, 7) is 6.14. The van der Waals surface area contributed by atoms with Crippen molar-refractivity contribution >= 4 is 16.6 Å². The number of hydrogen-bond donors (Lipinski definition) is 3. The monoisotopic (exact) mass is 287 g/mol. The number of rotatable bonds is 1. The molecule has 0 aliphatic heterocycles.